The monoisotopic (exact) mass is 712 g/mol. The maximum absolute atomic E-state index is 11.9. The highest BCUT2D eigenvalue weighted by molar-refractivity contribution is 6.76. The average Bonchev–Trinajstić information content (AvgIpc) is 3.62. The van der Waals surface area contributed by atoms with Gasteiger partial charge in [-0.25, -0.2) is 0 Å². The van der Waals surface area contributed by atoms with Crippen molar-refractivity contribution in [3.05, 3.63) is 108 Å². The maximum Gasteiger partial charge on any atom is 0.195 e. The summed E-state index contributed by atoms with van der Waals surface area (Å²) in [6.45, 7) is 10.5. The molecule has 0 bridgehead atoms. The number of fused-ring (bicyclic) bond motifs is 1. The normalized spacial score (nSPS) is 18.9. The van der Waals surface area contributed by atoms with E-state index >= 15 is 0 Å². The second kappa shape index (κ2) is 17.1. The van der Waals surface area contributed by atoms with Crippen LogP contribution in [0.3, 0.4) is 0 Å². The highest BCUT2D eigenvalue weighted by atomic mass is 28.3. The minimum Gasteiger partial charge on any atom is -0.530 e. The van der Waals surface area contributed by atoms with E-state index < -0.39 is 20.0 Å². The van der Waals surface area contributed by atoms with E-state index in [4.69, 9.17) is 28.4 Å². The molecular formula is C41H50NO8Si-. The summed E-state index contributed by atoms with van der Waals surface area (Å²) in [4.78, 5) is 13.2. The summed E-state index contributed by atoms with van der Waals surface area (Å²) in [6.07, 6.45) is 0.555. The lowest BCUT2D eigenvalue weighted by molar-refractivity contribution is -0.268. The van der Waals surface area contributed by atoms with Gasteiger partial charge in [0.1, 0.15) is 17.6 Å². The summed E-state index contributed by atoms with van der Waals surface area (Å²) in [5, 5.41) is 13.9. The lowest BCUT2D eigenvalue weighted by atomic mass is 9.87. The predicted octanol–water partition coefficient (Wildman–Crippen LogP) is 7.31. The first-order valence-electron chi connectivity index (χ1n) is 18.1. The Morgan fingerprint density at radius 3 is 2.41 bits per heavy atom. The van der Waals surface area contributed by atoms with Crippen LogP contribution < -0.4 is 14.6 Å². The quantitative estimate of drug-likeness (QED) is 0.0678. The smallest absolute Gasteiger partial charge is 0.195 e. The Bertz CT molecular complexity index is 1700. The Morgan fingerprint density at radius 2 is 1.67 bits per heavy atom. The van der Waals surface area contributed by atoms with Crippen LogP contribution >= 0.6 is 0 Å². The fourth-order valence-corrected chi connectivity index (χ4v) is 7.58. The Hall–Kier alpha value is -3.93. The number of likely N-dealkylation sites (tertiary alicyclic amines) is 1. The Kier molecular flexibility index (Phi) is 12.3. The molecule has 6 rings (SSSR count). The van der Waals surface area contributed by atoms with Crippen molar-refractivity contribution < 1.29 is 38.3 Å². The number of nitrogens with zero attached hydrogens (tertiary/aromatic N) is 1. The minimum atomic E-state index is -1.19. The number of ether oxygens (including phenoxy) is 6. The summed E-state index contributed by atoms with van der Waals surface area (Å²) >= 11 is 0. The molecule has 4 aromatic rings. The average molecular weight is 713 g/mol. The highest BCUT2D eigenvalue weighted by Gasteiger charge is 2.38. The van der Waals surface area contributed by atoms with E-state index in [-0.39, 0.29) is 25.4 Å². The first-order chi connectivity index (χ1) is 24.7. The lowest BCUT2D eigenvalue weighted by Gasteiger charge is -2.40. The molecule has 2 saturated heterocycles. The van der Waals surface area contributed by atoms with Gasteiger partial charge in [0.25, 0.3) is 0 Å². The van der Waals surface area contributed by atoms with Crippen LogP contribution in [0.15, 0.2) is 91.0 Å². The first kappa shape index (κ1) is 36.8. The lowest BCUT2D eigenvalue weighted by Crippen LogP contribution is -2.51. The number of hydrogen-bond donors (Lipinski definition) is 0. The number of amides is 1. The standard InChI is InChI=1S/C41H51NO8Si/c1-51(2,3)25-24-45-30-48-38-27-31(26-33-10-7-8-13-36(33)38)29-47-39-28-42(40(43)44)20-18-37(39)32-14-16-35(17-15-32)46-21-9-19-41(49-22-23-50-41)34-11-5-4-6-12-34/h4-8,10-17,26-27,37,39H,9,18-25,28-30H2,1-3H3,(H,43,44)/p-1. The molecule has 0 aromatic heterocycles. The van der Waals surface area contributed by atoms with Crippen molar-refractivity contribution in [3.8, 4) is 11.5 Å². The van der Waals surface area contributed by atoms with Crippen molar-refractivity contribution in [2.45, 2.75) is 69.4 Å². The molecule has 2 aliphatic heterocycles. The number of carboxylic acid groups (broad SMARTS) is 1. The fraction of sp³-hybridized carbons (Fsp3) is 0.439. The maximum atomic E-state index is 11.9. The summed E-state index contributed by atoms with van der Waals surface area (Å²) in [5.74, 6) is 0.809. The van der Waals surface area contributed by atoms with E-state index in [0.717, 1.165) is 51.4 Å². The van der Waals surface area contributed by atoms with E-state index in [9.17, 15) is 9.90 Å². The van der Waals surface area contributed by atoms with Gasteiger partial charge in [0.05, 0.1) is 32.5 Å². The number of carbonyl (C=O) groups excluding carboxylic acids is 1. The molecule has 0 spiro atoms. The van der Waals surface area contributed by atoms with Crippen molar-refractivity contribution in [2.24, 2.45) is 0 Å². The van der Waals surface area contributed by atoms with Crippen LogP contribution in [-0.4, -0.2) is 71.5 Å². The zero-order chi connectivity index (χ0) is 35.7. The summed E-state index contributed by atoms with van der Waals surface area (Å²) in [5.41, 5.74) is 3.06. The predicted molar refractivity (Wildman–Crippen MR) is 198 cm³/mol. The van der Waals surface area contributed by atoms with Gasteiger partial charge in [0.15, 0.2) is 12.6 Å². The second-order valence-electron chi connectivity index (χ2n) is 14.6. The molecule has 4 aromatic carbocycles. The zero-order valence-electron chi connectivity index (χ0n) is 30.0. The third-order valence-corrected chi connectivity index (χ3v) is 11.4. The van der Waals surface area contributed by atoms with Gasteiger partial charge >= 0.3 is 0 Å². The van der Waals surface area contributed by atoms with Crippen molar-refractivity contribution in [3.63, 3.8) is 0 Å². The van der Waals surface area contributed by atoms with Gasteiger partial charge in [-0.1, -0.05) is 86.4 Å². The van der Waals surface area contributed by atoms with Crippen LogP contribution in [0, 0.1) is 0 Å². The number of benzene rings is 4. The molecule has 10 heteroatoms. The molecule has 0 radical (unpaired) electrons. The minimum absolute atomic E-state index is 0.00740. The van der Waals surface area contributed by atoms with Crippen LogP contribution in [0.4, 0.5) is 4.79 Å². The van der Waals surface area contributed by atoms with Gasteiger partial charge in [0.2, 0.25) is 0 Å². The van der Waals surface area contributed by atoms with Gasteiger partial charge in [-0.15, -0.1) is 0 Å². The van der Waals surface area contributed by atoms with Crippen LogP contribution in [-0.2, 0) is 31.3 Å². The van der Waals surface area contributed by atoms with Gasteiger partial charge < -0.3 is 43.2 Å². The van der Waals surface area contributed by atoms with Crippen molar-refractivity contribution >= 4 is 24.9 Å². The van der Waals surface area contributed by atoms with Gasteiger partial charge in [-0.05, 0) is 59.7 Å². The number of rotatable bonds is 16. The third kappa shape index (κ3) is 9.90. The molecule has 1 amide bonds. The molecule has 9 nitrogen and oxygen atoms in total. The molecule has 0 aliphatic carbocycles. The molecule has 51 heavy (non-hydrogen) atoms. The molecule has 2 fully saturated rings. The van der Waals surface area contributed by atoms with Gasteiger partial charge in [-0.3, -0.25) is 0 Å². The molecule has 2 heterocycles. The second-order valence-corrected chi connectivity index (χ2v) is 20.2. The fourth-order valence-electron chi connectivity index (χ4n) is 6.82. The van der Waals surface area contributed by atoms with E-state index in [0.29, 0.717) is 52.4 Å². The molecule has 272 valence electrons. The molecule has 2 aliphatic rings. The topological polar surface area (TPSA) is 98.8 Å². The molecule has 0 N–H and O–H groups in total. The summed E-state index contributed by atoms with van der Waals surface area (Å²) in [7, 11) is -1.19. The van der Waals surface area contributed by atoms with Crippen LogP contribution in [0.25, 0.3) is 10.8 Å². The molecule has 2 unspecified atom stereocenters. The zero-order valence-corrected chi connectivity index (χ0v) is 31.0. The van der Waals surface area contributed by atoms with Crippen molar-refractivity contribution in [1.29, 1.82) is 0 Å². The van der Waals surface area contributed by atoms with Crippen LogP contribution in [0.2, 0.25) is 25.7 Å². The van der Waals surface area contributed by atoms with E-state index in [1.807, 2.05) is 66.7 Å². The van der Waals surface area contributed by atoms with Crippen molar-refractivity contribution in [2.75, 3.05) is 46.3 Å². The molecular weight excluding hydrogens is 663 g/mol. The van der Waals surface area contributed by atoms with Crippen LogP contribution in [0.1, 0.15) is 41.9 Å². The molecule has 0 saturated carbocycles. The Morgan fingerprint density at radius 1 is 0.922 bits per heavy atom. The largest absolute Gasteiger partial charge is 0.530 e. The van der Waals surface area contributed by atoms with Gasteiger partial charge in [0, 0.05) is 51.1 Å². The van der Waals surface area contributed by atoms with Crippen LogP contribution in [0.5, 0.6) is 11.5 Å². The van der Waals surface area contributed by atoms with E-state index in [1.54, 1.807) is 0 Å². The Labute approximate surface area is 302 Å². The summed E-state index contributed by atoms with van der Waals surface area (Å²) in [6, 6.07) is 31.4. The SMILES string of the molecule is C[Si](C)(C)CCOCOc1cc(COC2CN(C(=O)[O-])CCC2c2ccc(OCCCC3(c4ccccc4)OCCO3)cc2)cc2ccccc12. The molecule has 2 atom stereocenters. The number of carbonyl (C=O) groups is 1. The highest BCUT2D eigenvalue weighted by Crippen LogP contribution is 2.37. The number of hydrogen-bond acceptors (Lipinski definition) is 8. The first-order valence-corrected chi connectivity index (χ1v) is 21.8. The number of piperidine rings is 1. The third-order valence-electron chi connectivity index (χ3n) is 9.65. The van der Waals surface area contributed by atoms with Gasteiger partial charge in [-0.2, -0.15) is 0 Å². The summed E-state index contributed by atoms with van der Waals surface area (Å²) < 4.78 is 36.7. The van der Waals surface area contributed by atoms with E-state index in [2.05, 4.69) is 43.9 Å². The van der Waals surface area contributed by atoms with Crippen molar-refractivity contribution in [1.82, 2.24) is 4.90 Å². The van der Waals surface area contributed by atoms with E-state index in [1.165, 1.54) is 4.90 Å². The Balaban J connectivity index is 1.07.